The minimum absolute atomic E-state index is 0.0343. The molecule has 10 heteroatoms. The molecule has 0 radical (unpaired) electrons. The van der Waals surface area contributed by atoms with Gasteiger partial charge in [0.2, 0.25) is 0 Å². The Kier molecular flexibility index (Phi) is 35.5. The number of carbonyl (C=O) groups excluding carboxylic acids is 2. The third-order valence-corrected chi connectivity index (χ3v) is 10.7. The zero-order valence-corrected chi connectivity index (χ0v) is 36.0. The standard InChI is InChI=1S/C43H84NO8P/c1-6-8-10-12-14-16-18-20-22-24-26-28-30-32-34-36-43(46)52-41(40-51-53(47,48)50-38-37-44(3,4)5)39-49-42(45)35-33-31-29-27-25-23-21-19-17-15-13-11-9-7-2/h6,41H,1,7-40H2,2-5H3/p+1/t41-/m1/s1. The predicted molar refractivity (Wildman–Crippen MR) is 220 cm³/mol. The highest BCUT2D eigenvalue weighted by Gasteiger charge is 2.27. The molecule has 0 rings (SSSR count). The van der Waals surface area contributed by atoms with Crippen LogP contribution in [0.3, 0.4) is 0 Å². The van der Waals surface area contributed by atoms with Gasteiger partial charge in [-0.1, -0.05) is 167 Å². The van der Waals surface area contributed by atoms with Gasteiger partial charge in [0.25, 0.3) is 0 Å². The average molecular weight is 775 g/mol. The zero-order chi connectivity index (χ0) is 39.3. The highest BCUT2D eigenvalue weighted by molar-refractivity contribution is 7.47. The second-order valence-corrected chi connectivity index (χ2v) is 17.6. The number of phosphoric acid groups is 1. The topological polar surface area (TPSA) is 108 Å². The van der Waals surface area contributed by atoms with E-state index >= 15 is 0 Å². The van der Waals surface area contributed by atoms with E-state index in [1.54, 1.807) is 0 Å². The Morgan fingerprint density at radius 1 is 0.604 bits per heavy atom. The molecule has 2 atom stereocenters. The fourth-order valence-electron chi connectivity index (χ4n) is 6.23. The van der Waals surface area contributed by atoms with Gasteiger partial charge in [-0.05, 0) is 25.7 Å². The molecule has 0 aliphatic carbocycles. The summed E-state index contributed by atoms with van der Waals surface area (Å²) in [4.78, 5) is 35.3. The maximum Gasteiger partial charge on any atom is 0.472 e. The van der Waals surface area contributed by atoms with Crippen LogP contribution in [0.25, 0.3) is 0 Å². The number of hydrogen-bond donors (Lipinski definition) is 1. The van der Waals surface area contributed by atoms with Crippen LogP contribution in [0.2, 0.25) is 0 Å². The van der Waals surface area contributed by atoms with Gasteiger partial charge in [-0.2, -0.15) is 0 Å². The van der Waals surface area contributed by atoms with Crippen molar-refractivity contribution < 1.29 is 42.1 Å². The quantitative estimate of drug-likeness (QED) is 0.0215. The predicted octanol–water partition coefficient (Wildman–Crippen LogP) is 12.2. The second-order valence-electron chi connectivity index (χ2n) is 16.2. The Labute approximate surface area is 326 Å². The number of unbranched alkanes of at least 4 members (excludes halogenated alkanes) is 26. The van der Waals surface area contributed by atoms with Crippen LogP contribution in [0.5, 0.6) is 0 Å². The number of phosphoric ester groups is 1. The van der Waals surface area contributed by atoms with E-state index in [0.717, 1.165) is 38.5 Å². The number of carbonyl (C=O) groups is 2. The van der Waals surface area contributed by atoms with Crippen LogP contribution in [-0.2, 0) is 32.7 Å². The lowest BCUT2D eigenvalue weighted by atomic mass is 10.0. The van der Waals surface area contributed by atoms with Gasteiger partial charge in [0, 0.05) is 12.8 Å². The van der Waals surface area contributed by atoms with Gasteiger partial charge in [-0.15, -0.1) is 6.58 Å². The van der Waals surface area contributed by atoms with Crippen molar-refractivity contribution in [2.45, 2.75) is 206 Å². The number of quaternary nitrogens is 1. The normalized spacial score (nSPS) is 13.5. The van der Waals surface area contributed by atoms with Crippen LogP contribution in [-0.4, -0.2) is 74.9 Å². The van der Waals surface area contributed by atoms with Crippen molar-refractivity contribution in [2.24, 2.45) is 0 Å². The smallest absolute Gasteiger partial charge is 0.462 e. The van der Waals surface area contributed by atoms with Crippen molar-refractivity contribution in [1.29, 1.82) is 0 Å². The van der Waals surface area contributed by atoms with E-state index in [1.807, 2.05) is 27.2 Å². The summed E-state index contributed by atoms with van der Waals surface area (Å²) in [7, 11) is 1.48. The van der Waals surface area contributed by atoms with Crippen LogP contribution in [0.4, 0.5) is 0 Å². The molecule has 0 aromatic carbocycles. The van der Waals surface area contributed by atoms with Crippen molar-refractivity contribution >= 4 is 19.8 Å². The van der Waals surface area contributed by atoms with Gasteiger partial charge in [-0.25, -0.2) is 4.57 Å². The third kappa shape index (κ3) is 40.2. The maximum absolute atomic E-state index is 12.7. The third-order valence-electron chi connectivity index (χ3n) is 9.69. The van der Waals surface area contributed by atoms with Crippen molar-refractivity contribution in [3.05, 3.63) is 12.7 Å². The Bertz CT molecular complexity index is 909. The molecule has 0 spiro atoms. The van der Waals surface area contributed by atoms with E-state index in [-0.39, 0.29) is 25.6 Å². The summed E-state index contributed by atoms with van der Waals surface area (Å²) in [6, 6.07) is 0. The highest BCUT2D eigenvalue weighted by Crippen LogP contribution is 2.43. The number of ether oxygens (including phenoxy) is 2. The first-order valence-electron chi connectivity index (χ1n) is 21.9. The molecule has 0 amide bonds. The number of esters is 2. The summed E-state index contributed by atoms with van der Waals surface area (Å²) in [5, 5.41) is 0. The SMILES string of the molecule is C=CCCCCCCCCCCCCCCCC(=O)O[C@H](COC(=O)CCCCCCCCCCCCCCCC)COP(=O)(O)OCC[N+](C)(C)C. The summed E-state index contributed by atoms with van der Waals surface area (Å²) in [6.45, 7) is 5.96. The van der Waals surface area contributed by atoms with Crippen LogP contribution < -0.4 is 0 Å². The molecule has 0 fully saturated rings. The first-order chi connectivity index (χ1) is 25.5. The Morgan fingerprint density at radius 2 is 1.00 bits per heavy atom. The highest BCUT2D eigenvalue weighted by atomic mass is 31.2. The summed E-state index contributed by atoms with van der Waals surface area (Å²) in [5.74, 6) is -0.791. The average Bonchev–Trinajstić information content (AvgIpc) is 3.10. The fourth-order valence-corrected chi connectivity index (χ4v) is 6.97. The first kappa shape index (κ1) is 51.8. The molecular weight excluding hydrogens is 689 g/mol. The van der Waals surface area contributed by atoms with Crippen LogP contribution >= 0.6 is 7.82 Å². The van der Waals surface area contributed by atoms with Gasteiger partial charge in [0.15, 0.2) is 6.10 Å². The van der Waals surface area contributed by atoms with Crippen molar-refractivity contribution in [3.63, 3.8) is 0 Å². The number of rotatable bonds is 41. The molecule has 1 unspecified atom stereocenters. The fraction of sp³-hybridized carbons (Fsp3) is 0.907. The molecule has 0 heterocycles. The van der Waals surface area contributed by atoms with Crippen molar-refractivity contribution in [3.8, 4) is 0 Å². The van der Waals surface area contributed by atoms with Crippen LogP contribution in [0.1, 0.15) is 200 Å². The molecule has 1 N–H and O–H groups in total. The van der Waals surface area contributed by atoms with Crippen molar-refractivity contribution in [1.82, 2.24) is 0 Å². The lowest BCUT2D eigenvalue weighted by Crippen LogP contribution is -2.37. The molecule has 0 aliphatic rings. The Hall–Kier alpha value is -1.25. The van der Waals surface area contributed by atoms with Gasteiger partial charge in [0.05, 0.1) is 27.7 Å². The monoisotopic (exact) mass is 775 g/mol. The van der Waals surface area contributed by atoms with Crippen LogP contribution in [0.15, 0.2) is 12.7 Å². The first-order valence-corrected chi connectivity index (χ1v) is 23.4. The number of likely N-dealkylation sites (N-methyl/N-ethyl adjacent to an activating group) is 1. The lowest BCUT2D eigenvalue weighted by molar-refractivity contribution is -0.870. The molecule has 9 nitrogen and oxygen atoms in total. The molecule has 314 valence electrons. The number of hydrogen-bond acceptors (Lipinski definition) is 7. The van der Waals surface area contributed by atoms with E-state index in [1.165, 1.54) is 135 Å². The summed E-state index contributed by atoms with van der Waals surface area (Å²) in [5.41, 5.74) is 0. The summed E-state index contributed by atoms with van der Waals surface area (Å²) < 4.78 is 34.3. The molecule has 0 saturated heterocycles. The second kappa shape index (κ2) is 36.4. The van der Waals surface area contributed by atoms with Gasteiger partial charge >= 0.3 is 19.8 Å². The van der Waals surface area contributed by atoms with Gasteiger partial charge in [-0.3, -0.25) is 18.6 Å². The lowest BCUT2D eigenvalue weighted by Gasteiger charge is -2.24. The molecule has 0 bridgehead atoms. The Balaban J connectivity index is 4.32. The van der Waals surface area contributed by atoms with E-state index in [9.17, 15) is 19.0 Å². The molecule has 0 saturated carbocycles. The number of allylic oxidation sites excluding steroid dienone is 1. The maximum atomic E-state index is 12.7. The number of nitrogens with zero attached hydrogens (tertiary/aromatic N) is 1. The summed E-state index contributed by atoms with van der Waals surface area (Å²) >= 11 is 0. The van der Waals surface area contributed by atoms with Gasteiger partial charge < -0.3 is 18.9 Å². The molecular formula is C43H85NO8P+. The van der Waals surface area contributed by atoms with E-state index < -0.39 is 26.5 Å². The van der Waals surface area contributed by atoms with E-state index in [2.05, 4.69) is 13.5 Å². The largest absolute Gasteiger partial charge is 0.472 e. The zero-order valence-electron chi connectivity index (χ0n) is 35.1. The molecule has 53 heavy (non-hydrogen) atoms. The molecule has 0 aliphatic heterocycles. The minimum atomic E-state index is -4.37. The van der Waals surface area contributed by atoms with E-state index in [0.29, 0.717) is 23.9 Å². The summed E-state index contributed by atoms with van der Waals surface area (Å²) in [6.07, 6.45) is 35.7. The van der Waals surface area contributed by atoms with E-state index in [4.69, 9.17) is 18.5 Å². The molecule has 0 aromatic heterocycles. The Morgan fingerprint density at radius 3 is 1.42 bits per heavy atom. The van der Waals surface area contributed by atoms with Gasteiger partial charge in [0.1, 0.15) is 19.8 Å². The minimum Gasteiger partial charge on any atom is -0.462 e. The van der Waals surface area contributed by atoms with Crippen LogP contribution in [0, 0.1) is 0 Å². The molecule has 0 aromatic rings. The van der Waals surface area contributed by atoms with Crippen molar-refractivity contribution in [2.75, 3.05) is 47.5 Å².